The molecule has 0 N–H and O–H groups in total. The molecule has 1 heterocycles. The summed E-state index contributed by atoms with van der Waals surface area (Å²) in [5, 5.41) is 0. The first-order valence-corrected chi connectivity index (χ1v) is 8.43. The molecular formula is C20H21N3O3. The standard InChI is InChI=1S/C20H21N3O3/c1-14-9-11-17(12-10-14)23-15(2)19(25)22(20(23)26)13-18(24)21(3)16-7-5-4-6-8-16/h4-12,15H,13H2,1-3H3. The van der Waals surface area contributed by atoms with Crippen molar-refractivity contribution in [3.05, 3.63) is 60.2 Å². The number of hydrogen-bond donors (Lipinski definition) is 0. The molecule has 4 amide bonds. The Morgan fingerprint density at radius 3 is 2.27 bits per heavy atom. The summed E-state index contributed by atoms with van der Waals surface area (Å²) in [6.45, 7) is 3.34. The number of carbonyl (C=O) groups is 3. The molecule has 0 aliphatic carbocycles. The Balaban J connectivity index is 1.78. The first-order chi connectivity index (χ1) is 12.4. The lowest BCUT2D eigenvalue weighted by molar-refractivity contribution is -0.130. The zero-order valence-corrected chi connectivity index (χ0v) is 15.0. The van der Waals surface area contributed by atoms with Crippen molar-refractivity contribution in [2.45, 2.75) is 19.9 Å². The molecule has 0 aromatic heterocycles. The molecule has 2 aromatic rings. The highest BCUT2D eigenvalue weighted by Gasteiger charge is 2.44. The maximum absolute atomic E-state index is 12.8. The van der Waals surface area contributed by atoms with Gasteiger partial charge in [-0.15, -0.1) is 0 Å². The molecule has 1 saturated heterocycles. The second-order valence-corrected chi connectivity index (χ2v) is 6.38. The van der Waals surface area contributed by atoms with Crippen molar-refractivity contribution in [2.24, 2.45) is 0 Å². The number of anilines is 2. The quantitative estimate of drug-likeness (QED) is 0.796. The third kappa shape index (κ3) is 3.18. The van der Waals surface area contributed by atoms with Gasteiger partial charge in [-0.2, -0.15) is 0 Å². The van der Waals surface area contributed by atoms with Crippen molar-refractivity contribution < 1.29 is 14.4 Å². The van der Waals surface area contributed by atoms with Crippen LogP contribution in [0.2, 0.25) is 0 Å². The van der Waals surface area contributed by atoms with Crippen LogP contribution in [0.3, 0.4) is 0 Å². The Labute approximate surface area is 152 Å². The molecule has 0 radical (unpaired) electrons. The van der Waals surface area contributed by atoms with Crippen LogP contribution >= 0.6 is 0 Å². The van der Waals surface area contributed by atoms with Crippen molar-refractivity contribution in [3.8, 4) is 0 Å². The Morgan fingerprint density at radius 2 is 1.65 bits per heavy atom. The van der Waals surface area contributed by atoms with Gasteiger partial charge in [0, 0.05) is 18.4 Å². The predicted octanol–water partition coefficient (Wildman–Crippen LogP) is 2.82. The highest BCUT2D eigenvalue weighted by molar-refractivity contribution is 6.16. The molecular weight excluding hydrogens is 330 g/mol. The summed E-state index contributed by atoms with van der Waals surface area (Å²) in [7, 11) is 1.63. The molecule has 0 bridgehead atoms. The monoisotopic (exact) mass is 351 g/mol. The van der Waals surface area contributed by atoms with Gasteiger partial charge in [-0.05, 0) is 38.1 Å². The first kappa shape index (κ1) is 17.7. The highest BCUT2D eigenvalue weighted by atomic mass is 16.2. The van der Waals surface area contributed by atoms with E-state index in [9.17, 15) is 14.4 Å². The van der Waals surface area contributed by atoms with Crippen LogP contribution in [0.4, 0.5) is 16.2 Å². The van der Waals surface area contributed by atoms with Gasteiger partial charge in [0.1, 0.15) is 12.6 Å². The van der Waals surface area contributed by atoms with Crippen molar-refractivity contribution in [3.63, 3.8) is 0 Å². The number of likely N-dealkylation sites (N-methyl/N-ethyl adjacent to an activating group) is 1. The van der Waals surface area contributed by atoms with E-state index in [1.54, 1.807) is 38.2 Å². The molecule has 6 nitrogen and oxygen atoms in total. The van der Waals surface area contributed by atoms with Crippen molar-refractivity contribution >= 4 is 29.2 Å². The summed E-state index contributed by atoms with van der Waals surface area (Å²) < 4.78 is 0. The molecule has 0 saturated carbocycles. The zero-order valence-electron chi connectivity index (χ0n) is 15.0. The lowest BCUT2D eigenvalue weighted by atomic mass is 10.2. The maximum Gasteiger partial charge on any atom is 0.332 e. The van der Waals surface area contributed by atoms with E-state index in [1.165, 1.54) is 9.80 Å². The third-order valence-corrected chi connectivity index (χ3v) is 4.57. The van der Waals surface area contributed by atoms with Crippen molar-refractivity contribution in [1.29, 1.82) is 0 Å². The van der Waals surface area contributed by atoms with E-state index in [2.05, 4.69) is 0 Å². The average Bonchev–Trinajstić information content (AvgIpc) is 2.86. The Hall–Kier alpha value is -3.15. The second kappa shape index (κ2) is 7.00. The van der Waals surface area contributed by atoms with Gasteiger partial charge in [0.25, 0.3) is 5.91 Å². The number of urea groups is 1. The fourth-order valence-electron chi connectivity index (χ4n) is 2.95. The molecule has 134 valence electrons. The highest BCUT2D eigenvalue weighted by Crippen LogP contribution is 2.26. The van der Waals surface area contributed by atoms with Crippen LogP contribution in [-0.2, 0) is 9.59 Å². The van der Waals surface area contributed by atoms with Crippen LogP contribution in [0.25, 0.3) is 0 Å². The van der Waals surface area contributed by atoms with Crippen LogP contribution in [0.1, 0.15) is 12.5 Å². The molecule has 0 spiro atoms. The summed E-state index contributed by atoms with van der Waals surface area (Å²) >= 11 is 0. The molecule has 6 heteroatoms. The normalized spacial score (nSPS) is 17.0. The molecule has 2 aromatic carbocycles. The number of carbonyl (C=O) groups excluding carboxylic acids is 3. The zero-order chi connectivity index (χ0) is 18.8. The lowest BCUT2D eigenvalue weighted by Crippen LogP contribution is -2.42. The Bertz CT molecular complexity index is 833. The number of imide groups is 1. The minimum absolute atomic E-state index is 0.282. The topological polar surface area (TPSA) is 60.9 Å². The fourth-order valence-corrected chi connectivity index (χ4v) is 2.95. The van der Waals surface area contributed by atoms with Gasteiger partial charge >= 0.3 is 6.03 Å². The van der Waals surface area contributed by atoms with E-state index in [1.807, 2.05) is 37.3 Å². The molecule has 1 fully saturated rings. The van der Waals surface area contributed by atoms with Crippen LogP contribution < -0.4 is 9.80 Å². The molecule has 1 unspecified atom stereocenters. The largest absolute Gasteiger partial charge is 0.332 e. The number of para-hydroxylation sites is 1. The average molecular weight is 351 g/mol. The van der Waals surface area contributed by atoms with Crippen LogP contribution in [0.15, 0.2) is 54.6 Å². The Morgan fingerprint density at radius 1 is 1.04 bits per heavy atom. The summed E-state index contributed by atoms with van der Waals surface area (Å²) in [6, 6.07) is 15.4. The van der Waals surface area contributed by atoms with Gasteiger partial charge in [0.05, 0.1) is 0 Å². The van der Waals surface area contributed by atoms with Crippen LogP contribution in [0.5, 0.6) is 0 Å². The van der Waals surface area contributed by atoms with Gasteiger partial charge in [-0.1, -0.05) is 35.9 Å². The molecule has 1 atom stereocenters. The van der Waals surface area contributed by atoms with Crippen LogP contribution in [0, 0.1) is 6.92 Å². The van der Waals surface area contributed by atoms with E-state index in [4.69, 9.17) is 0 Å². The van der Waals surface area contributed by atoms with E-state index >= 15 is 0 Å². The first-order valence-electron chi connectivity index (χ1n) is 8.43. The molecule has 26 heavy (non-hydrogen) atoms. The van der Waals surface area contributed by atoms with Gasteiger partial charge in [0.15, 0.2) is 0 Å². The summed E-state index contributed by atoms with van der Waals surface area (Å²) in [4.78, 5) is 41.8. The minimum Gasteiger partial charge on any atom is -0.314 e. The summed E-state index contributed by atoms with van der Waals surface area (Å²) in [5.41, 5.74) is 2.42. The molecule has 1 aliphatic rings. The SMILES string of the molecule is Cc1ccc(N2C(=O)N(CC(=O)N(C)c3ccccc3)C(=O)C2C)cc1. The number of nitrogens with zero attached hydrogens (tertiary/aromatic N) is 3. The van der Waals surface area contributed by atoms with Gasteiger partial charge in [-0.3, -0.25) is 19.4 Å². The number of benzene rings is 2. The fraction of sp³-hybridized carbons (Fsp3) is 0.250. The van der Waals surface area contributed by atoms with E-state index in [-0.39, 0.29) is 18.4 Å². The van der Waals surface area contributed by atoms with Crippen LogP contribution in [-0.4, -0.2) is 42.4 Å². The number of amides is 4. The summed E-state index contributed by atoms with van der Waals surface area (Å²) in [5.74, 6) is -0.693. The summed E-state index contributed by atoms with van der Waals surface area (Å²) in [6.07, 6.45) is 0. The van der Waals surface area contributed by atoms with E-state index in [0.29, 0.717) is 11.4 Å². The second-order valence-electron chi connectivity index (χ2n) is 6.38. The molecule has 3 rings (SSSR count). The predicted molar refractivity (Wildman–Crippen MR) is 100 cm³/mol. The number of aryl methyl sites for hydroxylation is 1. The molecule has 1 aliphatic heterocycles. The Kier molecular flexibility index (Phi) is 4.75. The number of hydrogen-bond acceptors (Lipinski definition) is 3. The third-order valence-electron chi connectivity index (χ3n) is 4.57. The smallest absolute Gasteiger partial charge is 0.314 e. The number of rotatable bonds is 4. The minimum atomic E-state index is -0.639. The van der Waals surface area contributed by atoms with Crippen molar-refractivity contribution in [1.82, 2.24) is 4.90 Å². The van der Waals surface area contributed by atoms with E-state index < -0.39 is 12.1 Å². The van der Waals surface area contributed by atoms with Crippen molar-refractivity contribution in [2.75, 3.05) is 23.4 Å². The van der Waals surface area contributed by atoms with Gasteiger partial charge in [0.2, 0.25) is 5.91 Å². The lowest BCUT2D eigenvalue weighted by Gasteiger charge is -2.21. The van der Waals surface area contributed by atoms with Gasteiger partial charge < -0.3 is 4.90 Å². The maximum atomic E-state index is 12.8. The van der Waals surface area contributed by atoms with Gasteiger partial charge in [-0.25, -0.2) is 4.79 Å². The van der Waals surface area contributed by atoms with E-state index in [0.717, 1.165) is 10.5 Å².